The molecule has 26 heavy (non-hydrogen) atoms. The van der Waals surface area contributed by atoms with Crippen LogP contribution in [-0.4, -0.2) is 17.8 Å². The number of hydrogen-bond acceptors (Lipinski definition) is 4. The first-order valence-corrected chi connectivity index (χ1v) is 9.13. The molecular weight excluding hydrogens is 393 g/mol. The molecule has 4 nitrogen and oxygen atoms in total. The van der Waals surface area contributed by atoms with Gasteiger partial charge in [-0.1, -0.05) is 41.9 Å². The van der Waals surface area contributed by atoms with Crippen molar-refractivity contribution in [3.05, 3.63) is 75.6 Å². The van der Waals surface area contributed by atoms with Gasteiger partial charge in [-0.25, -0.2) is 4.90 Å². The third-order valence-corrected chi connectivity index (χ3v) is 4.91. The highest BCUT2D eigenvalue weighted by molar-refractivity contribution is 8.19. The maximum absolute atomic E-state index is 12.6. The molecule has 7 heteroatoms. The average Bonchev–Trinajstić information content (AvgIpc) is 2.89. The predicted octanol–water partition coefficient (Wildman–Crippen LogP) is 5.80. The lowest BCUT2D eigenvalue weighted by Crippen LogP contribution is -2.27. The molecule has 2 aromatic carbocycles. The second-order valence-electron chi connectivity index (χ2n) is 5.28. The first-order chi connectivity index (χ1) is 12.5. The molecule has 0 radical (unpaired) electrons. The van der Waals surface area contributed by atoms with Gasteiger partial charge in [0.2, 0.25) is 0 Å². The lowest BCUT2D eigenvalue weighted by Gasteiger charge is -2.12. The quantitative estimate of drug-likeness (QED) is 0.465. The van der Waals surface area contributed by atoms with Crippen LogP contribution in [0, 0.1) is 0 Å². The predicted molar refractivity (Wildman–Crippen MR) is 107 cm³/mol. The standard InChI is InChI=1S/C19H13Cl2NO3S/c1-2-9-25-16-8-3-12(10-15(16)21)11-17-18(23)22(19(24)26-17)14-6-4-13(20)5-7-14/h2-8,10-11H,1,9H2/b17-11+. The topological polar surface area (TPSA) is 46.6 Å². The zero-order chi connectivity index (χ0) is 18.7. The Morgan fingerprint density at radius 3 is 2.50 bits per heavy atom. The number of hydrogen-bond donors (Lipinski definition) is 0. The Kier molecular flexibility index (Phi) is 5.71. The van der Waals surface area contributed by atoms with Crippen molar-refractivity contribution in [2.45, 2.75) is 0 Å². The normalized spacial score (nSPS) is 15.6. The summed E-state index contributed by atoms with van der Waals surface area (Å²) in [5.41, 5.74) is 1.18. The van der Waals surface area contributed by atoms with Crippen molar-refractivity contribution < 1.29 is 14.3 Å². The summed E-state index contributed by atoms with van der Waals surface area (Å²) >= 11 is 12.9. The van der Waals surface area contributed by atoms with Gasteiger partial charge in [0.1, 0.15) is 12.4 Å². The minimum Gasteiger partial charge on any atom is -0.488 e. The van der Waals surface area contributed by atoms with Crippen molar-refractivity contribution in [1.29, 1.82) is 0 Å². The number of benzene rings is 2. The summed E-state index contributed by atoms with van der Waals surface area (Å²) in [5, 5.41) is 0.586. The van der Waals surface area contributed by atoms with E-state index in [1.165, 1.54) is 0 Å². The lowest BCUT2D eigenvalue weighted by molar-refractivity contribution is -0.113. The lowest BCUT2D eigenvalue weighted by atomic mass is 10.2. The maximum atomic E-state index is 12.6. The van der Waals surface area contributed by atoms with Gasteiger partial charge in [-0.3, -0.25) is 9.59 Å². The van der Waals surface area contributed by atoms with Crippen LogP contribution in [-0.2, 0) is 4.79 Å². The Morgan fingerprint density at radius 1 is 1.12 bits per heavy atom. The van der Waals surface area contributed by atoms with Crippen molar-refractivity contribution in [3.63, 3.8) is 0 Å². The number of anilines is 1. The summed E-state index contributed by atoms with van der Waals surface area (Å²) in [6, 6.07) is 11.7. The van der Waals surface area contributed by atoms with E-state index in [-0.39, 0.29) is 11.1 Å². The Bertz CT molecular complexity index is 910. The van der Waals surface area contributed by atoms with Gasteiger partial charge >= 0.3 is 0 Å². The van der Waals surface area contributed by atoms with Gasteiger partial charge in [0.25, 0.3) is 11.1 Å². The summed E-state index contributed by atoms with van der Waals surface area (Å²) in [5.74, 6) is 0.142. The van der Waals surface area contributed by atoms with Crippen LogP contribution < -0.4 is 9.64 Å². The van der Waals surface area contributed by atoms with Crippen molar-refractivity contribution in [1.82, 2.24) is 0 Å². The van der Waals surface area contributed by atoms with Gasteiger partial charge in [-0.15, -0.1) is 0 Å². The highest BCUT2D eigenvalue weighted by Crippen LogP contribution is 2.36. The van der Waals surface area contributed by atoms with Gasteiger partial charge in [0, 0.05) is 5.02 Å². The smallest absolute Gasteiger partial charge is 0.298 e. The first-order valence-electron chi connectivity index (χ1n) is 7.56. The van der Waals surface area contributed by atoms with Crippen LogP contribution in [0.5, 0.6) is 5.75 Å². The monoisotopic (exact) mass is 405 g/mol. The van der Waals surface area contributed by atoms with Crippen LogP contribution >= 0.6 is 35.0 Å². The number of nitrogens with zero attached hydrogens (tertiary/aromatic N) is 1. The van der Waals surface area contributed by atoms with Crippen LogP contribution in [0.1, 0.15) is 5.56 Å². The van der Waals surface area contributed by atoms with E-state index in [4.69, 9.17) is 27.9 Å². The number of amides is 2. The fourth-order valence-corrected chi connectivity index (χ4v) is 3.52. The molecule has 0 N–H and O–H groups in total. The molecule has 1 aliphatic rings. The molecule has 1 heterocycles. The van der Waals surface area contributed by atoms with Crippen LogP contribution in [0.15, 0.2) is 60.0 Å². The molecule has 2 aromatic rings. The van der Waals surface area contributed by atoms with Crippen LogP contribution in [0.2, 0.25) is 10.0 Å². The van der Waals surface area contributed by atoms with E-state index < -0.39 is 0 Å². The van der Waals surface area contributed by atoms with Gasteiger partial charge in [-0.2, -0.15) is 0 Å². The zero-order valence-electron chi connectivity index (χ0n) is 13.4. The van der Waals surface area contributed by atoms with Crippen molar-refractivity contribution >= 4 is 57.9 Å². The SMILES string of the molecule is C=CCOc1ccc(/C=C2/SC(=O)N(c3ccc(Cl)cc3)C2=O)cc1Cl. The van der Waals surface area contributed by atoms with E-state index >= 15 is 0 Å². The van der Waals surface area contributed by atoms with E-state index in [0.717, 1.165) is 16.7 Å². The first kappa shape index (κ1) is 18.6. The van der Waals surface area contributed by atoms with Crippen LogP contribution in [0.3, 0.4) is 0 Å². The van der Waals surface area contributed by atoms with Gasteiger partial charge in [0.15, 0.2) is 0 Å². The zero-order valence-corrected chi connectivity index (χ0v) is 15.8. The van der Waals surface area contributed by atoms with E-state index in [9.17, 15) is 9.59 Å². The summed E-state index contributed by atoms with van der Waals surface area (Å²) < 4.78 is 5.42. The Labute approximate surface area is 165 Å². The van der Waals surface area contributed by atoms with Crippen LogP contribution in [0.4, 0.5) is 10.5 Å². The van der Waals surface area contributed by atoms with Crippen molar-refractivity contribution in [3.8, 4) is 5.75 Å². The molecule has 0 unspecified atom stereocenters. The summed E-state index contributed by atoms with van der Waals surface area (Å²) in [6.45, 7) is 3.93. The van der Waals surface area contributed by atoms with Gasteiger partial charge in [0.05, 0.1) is 15.6 Å². The number of halogens is 2. The number of rotatable bonds is 5. The third-order valence-electron chi connectivity index (χ3n) is 3.49. The third kappa shape index (κ3) is 3.96. The van der Waals surface area contributed by atoms with Crippen molar-refractivity contribution in [2.24, 2.45) is 0 Å². The fraction of sp³-hybridized carbons (Fsp3) is 0.0526. The summed E-state index contributed by atoms with van der Waals surface area (Å²) in [6.07, 6.45) is 3.25. The highest BCUT2D eigenvalue weighted by atomic mass is 35.5. The van der Waals surface area contributed by atoms with E-state index in [2.05, 4.69) is 6.58 Å². The highest BCUT2D eigenvalue weighted by Gasteiger charge is 2.36. The molecule has 1 aliphatic heterocycles. The largest absolute Gasteiger partial charge is 0.488 e. The van der Waals surface area contributed by atoms with Gasteiger partial charge in [-0.05, 0) is 59.8 Å². The molecule has 132 valence electrons. The Balaban J connectivity index is 1.84. The van der Waals surface area contributed by atoms with E-state index in [0.29, 0.717) is 38.6 Å². The van der Waals surface area contributed by atoms with Gasteiger partial charge < -0.3 is 4.74 Å². The minimum atomic E-state index is -0.384. The Morgan fingerprint density at radius 2 is 1.85 bits per heavy atom. The summed E-state index contributed by atoms with van der Waals surface area (Å²) in [4.78, 5) is 26.3. The molecule has 0 aliphatic carbocycles. The molecule has 0 spiro atoms. The number of imide groups is 1. The molecule has 1 fully saturated rings. The molecule has 0 atom stereocenters. The van der Waals surface area contributed by atoms with Crippen molar-refractivity contribution in [2.75, 3.05) is 11.5 Å². The van der Waals surface area contributed by atoms with Crippen LogP contribution in [0.25, 0.3) is 6.08 Å². The Hall–Kier alpha value is -2.21. The molecular formula is C19H13Cl2NO3S. The molecule has 0 bridgehead atoms. The molecule has 2 amide bonds. The number of carbonyl (C=O) groups excluding carboxylic acids is 2. The average molecular weight is 406 g/mol. The molecule has 1 saturated heterocycles. The number of thioether (sulfide) groups is 1. The molecule has 0 saturated carbocycles. The van der Waals surface area contributed by atoms with E-state index in [1.54, 1.807) is 54.6 Å². The number of carbonyl (C=O) groups is 2. The van der Waals surface area contributed by atoms with E-state index in [1.807, 2.05) is 0 Å². The minimum absolute atomic E-state index is 0.320. The second-order valence-corrected chi connectivity index (χ2v) is 7.12. The maximum Gasteiger partial charge on any atom is 0.298 e. The molecule has 0 aromatic heterocycles. The second kappa shape index (κ2) is 7.99. The summed E-state index contributed by atoms with van der Waals surface area (Å²) in [7, 11) is 0. The fourth-order valence-electron chi connectivity index (χ4n) is 2.30. The number of ether oxygens (including phenoxy) is 1. The molecule has 3 rings (SSSR count).